The Morgan fingerprint density at radius 2 is 2.08 bits per heavy atom. The van der Waals surface area contributed by atoms with E-state index in [1.54, 1.807) is 17.2 Å². The number of carboxylic acids is 1. The van der Waals surface area contributed by atoms with E-state index in [4.69, 9.17) is 4.42 Å². The van der Waals surface area contributed by atoms with Crippen LogP contribution >= 0.6 is 15.9 Å². The van der Waals surface area contributed by atoms with Gasteiger partial charge in [-0.15, -0.1) is 0 Å². The Labute approximate surface area is 154 Å². The fourth-order valence-corrected chi connectivity index (χ4v) is 3.52. The van der Waals surface area contributed by atoms with E-state index < -0.39 is 12.0 Å². The summed E-state index contributed by atoms with van der Waals surface area (Å²) < 4.78 is 6.30. The van der Waals surface area contributed by atoms with Crippen molar-refractivity contribution in [3.05, 3.63) is 58.5 Å². The van der Waals surface area contributed by atoms with Gasteiger partial charge in [0.05, 0.1) is 19.2 Å². The zero-order valence-corrected chi connectivity index (χ0v) is 15.2. The minimum atomic E-state index is -0.980. The van der Waals surface area contributed by atoms with Crippen molar-refractivity contribution in [3.8, 4) is 0 Å². The molecular formula is C18H19BrN2O4. The number of furan rings is 1. The van der Waals surface area contributed by atoms with Crippen LogP contribution in [0.15, 0.2) is 51.6 Å². The Morgan fingerprint density at radius 1 is 1.24 bits per heavy atom. The van der Waals surface area contributed by atoms with Crippen molar-refractivity contribution in [1.29, 1.82) is 0 Å². The monoisotopic (exact) mass is 406 g/mol. The predicted octanol–water partition coefficient (Wildman–Crippen LogP) is 2.73. The van der Waals surface area contributed by atoms with E-state index in [-0.39, 0.29) is 12.3 Å². The maximum absolute atomic E-state index is 12.9. The van der Waals surface area contributed by atoms with Gasteiger partial charge in [0, 0.05) is 24.1 Å². The lowest BCUT2D eigenvalue weighted by atomic mass is 10.1. The third-order valence-corrected chi connectivity index (χ3v) is 4.76. The van der Waals surface area contributed by atoms with Gasteiger partial charge in [-0.1, -0.05) is 28.1 Å². The van der Waals surface area contributed by atoms with Crippen molar-refractivity contribution in [2.45, 2.75) is 25.6 Å². The van der Waals surface area contributed by atoms with Crippen LogP contribution in [0.1, 0.15) is 17.7 Å². The number of nitrogens with zero attached hydrogens (tertiary/aromatic N) is 2. The summed E-state index contributed by atoms with van der Waals surface area (Å²) in [6.07, 6.45) is 1.36. The molecule has 2 heterocycles. The van der Waals surface area contributed by atoms with Gasteiger partial charge in [-0.05, 0) is 29.8 Å². The number of hydrogen-bond donors (Lipinski definition) is 1. The summed E-state index contributed by atoms with van der Waals surface area (Å²) in [7, 11) is 0. The molecule has 1 amide bonds. The number of aliphatic carboxylic acids is 1. The molecule has 132 valence electrons. The molecule has 0 aliphatic carbocycles. The summed E-state index contributed by atoms with van der Waals surface area (Å²) in [5.41, 5.74) is 1.01. The van der Waals surface area contributed by atoms with Gasteiger partial charge in [0.1, 0.15) is 11.8 Å². The van der Waals surface area contributed by atoms with Gasteiger partial charge < -0.3 is 14.4 Å². The van der Waals surface area contributed by atoms with Gasteiger partial charge in [0.15, 0.2) is 0 Å². The molecule has 1 aliphatic rings. The number of benzene rings is 1. The van der Waals surface area contributed by atoms with E-state index in [0.29, 0.717) is 26.2 Å². The number of piperazine rings is 1. The molecule has 3 rings (SSSR count). The summed E-state index contributed by atoms with van der Waals surface area (Å²) in [5, 5.41) is 9.21. The average molecular weight is 407 g/mol. The van der Waals surface area contributed by atoms with Crippen LogP contribution in [-0.4, -0.2) is 45.9 Å². The first-order valence-corrected chi connectivity index (χ1v) is 8.83. The Balaban J connectivity index is 1.74. The molecule has 1 N–H and O–H groups in total. The van der Waals surface area contributed by atoms with Gasteiger partial charge in [0.2, 0.25) is 5.91 Å². The maximum atomic E-state index is 12.9. The van der Waals surface area contributed by atoms with E-state index in [1.807, 2.05) is 35.2 Å². The molecule has 2 aromatic rings. The minimum absolute atomic E-state index is 0.153. The number of amides is 1. The lowest BCUT2D eigenvalue weighted by Crippen LogP contribution is -2.56. The van der Waals surface area contributed by atoms with Crippen molar-refractivity contribution < 1.29 is 19.1 Å². The van der Waals surface area contributed by atoms with Gasteiger partial charge in [-0.2, -0.15) is 0 Å². The lowest BCUT2D eigenvalue weighted by molar-refractivity contribution is -0.150. The van der Waals surface area contributed by atoms with Crippen LogP contribution in [-0.2, 0) is 22.7 Å². The van der Waals surface area contributed by atoms with E-state index in [0.717, 1.165) is 15.8 Å². The van der Waals surface area contributed by atoms with Crippen LogP contribution in [0.25, 0.3) is 0 Å². The highest BCUT2D eigenvalue weighted by molar-refractivity contribution is 9.10. The number of rotatable bonds is 6. The van der Waals surface area contributed by atoms with Gasteiger partial charge in [0.25, 0.3) is 0 Å². The SMILES string of the molecule is O=C(O)CC1C(=O)N(Cc2cccc(Br)c2)CCN1Cc1ccco1. The number of carboxylic acid groups (broad SMARTS) is 1. The molecule has 0 saturated carbocycles. The lowest BCUT2D eigenvalue weighted by Gasteiger charge is -2.39. The fraction of sp³-hybridized carbons (Fsp3) is 0.333. The zero-order valence-electron chi connectivity index (χ0n) is 13.6. The van der Waals surface area contributed by atoms with Gasteiger partial charge in [-0.3, -0.25) is 14.5 Å². The van der Waals surface area contributed by atoms with E-state index in [2.05, 4.69) is 15.9 Å². The van der Waals surface area contributed by atoms with Crippen LogP contribution in [0, 0.1) is 0 Å². The molecule has 1 fully saturated rings. The summed E-state index contributed by atoms with van der Waals surface area (Å²) in [5.74, 6) is -0.407. The summed E-state index contributed by atoms with van der Waals surface area (Å²) in [4.78, 5) is 27.7. The van der Waals surface area contributed by atoms with Crippen molar-refractivity contribution in [1.82, 2.24) is 9.80 Å². The molecule has 0 radical (unpaired) electrons. The number of carbonyl (C=O) groups excluding carboxylic acids is 1. The first-order chi connectivity index (χ1) is 12.0. The minimum Gasteiger partial charge on any atom is -0.481 e. The topological polar surface area (TPSA) is 74.0 Å². The maximum Gasteiger partial charge on any atom is 0.305 e. The highest BCUT2D eigenvalue weighted by Crippen LogP contribution is 2.21. The van der Waals surface area contributed by atoms with Gasteiger partial charge in [-0.25, -0.2) is 0 Å². The Kier molecular flexibility index (Phi) is 5.55. The largest absolute Gasteiger partial charge is 0.481 e. The van der Waals surface area contributed by atoms with Crippen molar-refractivity contribution in [3.63, 3.8) is 0 Å². The van der Waals surface area contributed by atoms with E-state index in [1.165, 1.54) is 0 Å². The van der Waals surface area contributed by atoms with Crippen LogP contribution in [0.4, 0.5) is 0 Å². The number of carbonyl (C=O) groups is 2. The Bertz CT molecular complexity index is 747. The fourth-order valence-electron chi connectivity index (χ4n) is 3.07. The molecule has 25 heavy (non-hydrogen) atoms. The van der Waals surface area contributed by atoms with E-state index in [9.17, 15) is 14.7 Å². The molecular weight excluding hydrogens is 388 g/mol. The number of halogens is 1. The third-order valence-electron chi connectivity index (χ3n) is 4.26. The predicted molar refractivity (Wildman–Crippen MR) is 94.7 cm³/mol. The van der Waals surface area contributed by atoms with Crippen LogP contribution < -0.4 is 0 Å². The summed E-state index contributed by atoms with van der Waals surface area (Å²) in [6, 6.07) is 10.7. The van der Waals surface area contributed by atoms with Crippen LogP contribution in [0.3, 0.4) is 0 Å². The highest BCUT2D eigenvalue weighted by atomic mass is 79.9. The Hall–Kier alpha value is -2.12. The first-order valence-electron chi connectivity index (χ1n) is 8.04. The van der Waals surface area contributed by atoms with Gasteiger partial charge >= 0.3 is 5.97 Å². The normalized spacial score (nSPS) is 18.5. The second-order valence-electron chi connectivity index (χ2n) is 6.05. The van der Waals surface area contributed by atoms with Crippen molar-refractivity contribution in [2.24, 2.45) is 0 Å². The number of hydrogen-bond acceptors (Lipinski definition) is 4. The molecule has 1 saturated heterocycles. The average Bonchev–Trinajstić information content (AvgIpc) is 3.06. The molecule has 7 heteroatoms. The second-order valence-corrected chi connectivity index (χ2v) is 6.97. The second kappa shape index (κ2) is 7.84. The molecule has 0 bridgehead atoms. The smallest absolute Gasteiger partial charge is 0.305 e. The molecule has 6 nitrogen and oxygen atoms in total. The molecule has 0 spiro atoms. The highest BCUT2D eigenvalue weighted by Gasteiger charge is 2.36. The molecule has 1 unspecified atom stereocenters. The van der Waals surface area contributed by atoms with Crippen molar-refractivity contribution in [2.75, 3.05) is 13.1 Å². The molecule has 1 aromatic carbocycles. The van der Waals surface area contributed by atoms with E-state index >= 15 is 0 Å². The van der Waals surface area contributed by atoms with Crippen LogP contribution in [0.5, 0.6) is 0 Å². The quantitative estimate of drug-likeness (QED) is 0.797. The zero-order chi connectivity index (χ0) is 17.8. The standard InChI is InChI=1S/C18H19BrN2O4/c19-14-4-1-3-13(9-14)11-21-7-6-20(12-15-5-2-8-25-15)16(18(21)24)10-17(22)23/h1-5,8-9,16H,6-7,10-12H2,(H,22,23). The summed E-state index contributed by atoms with van der Waals surface area (Å²) in [6.45, 7) is 2.07. The molecule has 1 atom stereocenters. The first kappa shape index (κ1) is 17.7. The summed E-state index contributed by atoms with van der Waals surface area (Å²) >= 11 is 3.43. The molecule has 1 aliphatic heterocycles. The Morgan fingerprint density at radius 3 is 2.76 bits per heavy atom. The third kappa shape index (κ3) is 4.49. The van der Waals surface area contributed by atoms with Crippen LogP contribution in [0.2, 0.25) is 0 Å². The van der Waals surface area contributed by atoms with Crippen molar-refractivity contribution >= 4 is 27.8 Å². The molecule has 1 aromatic heterocycles.